The molecule has 0 amide bonds. The number of hydrogen-bond donors (Lipinski definition) is 1. The molecule has 16 heavy (non-hydrogen) atoms. The number of likely N-dealkylation sites (N-methyl/N-ethyl adjacent to an activating group) is 1. The fourth-order valence-electron chi connectivity index (χ4n) is 1.33. The van der Waals surface area contributed by atoms with Crippen molar-refractivity contribution < 1.29 is 14.3 Å². The van der Waals surface area contributed by atoms with Crippen LogP contribution in [0.4, 0.5) is 0 Å². The van der Waals surface area contributed by atoms with E-state index in [1.54, 1.807) is 38.2 Å². The van der Waals surface area contributed by atoms with Gasteiger partial charge >= 0.3 is 5.97 Å². The standard InChI is InChI=1S/C10H17N3O3/c1-10(11-2,9(14)16-4)7-13-6-8(15-3)5-12-13/h5-6,11H,7H2,1-4H3. The van der Waals surface area contributed by atoms with Gasteiger partial charge in [-0.15, -0.1) is 0 Å². The van der Waals surface area contributed by atoms with Crippen LogP contribution in [-0.4, -0.2) is 42.6 Å². The van der Waals surface area contributed by atoms with E-state index in [2.05, 4.69) is 10.4 Å². The van der Waals surface area contributed by atoms with Crippen LogP contribution in [0.5, 0.6) is 5.75 Å². The van der Waals surface area contributed by atoms with Crippen LogP contribution in [0.25, 0.3) is 0 Å². The maximum absolute atomic E-state index is 11.6. The Kier molecular flexibility index (Phi) is 3.89. The number of carbonyl (C=O) groups excluding carboxylic acids is 1. The summed E-state index contributed by atoms with van der Waals surface area (Å²) >= 11 is 0. The van der Waals surface area contributed by atoms with E-state index < -0.39 is 5.54 Å². The topological polar surface area (TPSA) is 65.4 Å². The summed E-state index contributed by atoms with van der Waals surface area (Å²) in [6, 6.07) is 0. The number of aromatic nitrogens is 2. The van der Waals surface area contributed by atoms with Gasteiger partial charge in [0.05, 0.1) is 33.2 Å². The molecule has 0 saturated heterocycles. The van der Waals surface area contributed by atoms with E-state index in [0.29, 0.717) is 12.3 Å². The fourth-order valence-corrected chi connectivity index (χ4v) is 1.33. The number of carbonyl (C=O) groups is 1. The highest BCUT2D eigenvalue weighted by atomic mass is 16.5. The first kappa shape index (κ1) is 12.5. The highest BCUT2D eigenvalue weighted by molar-refractivity contribution is 5.80. The van der Waals surface area contributed by atoms with Crippen molar-refractivity contribution in [3.05, 3.63) is 12.4 Å². The zero-order chi connectivity index (χ0) is 12.2. The minimum atomic E-state index is -0.800. The lowest BCUT2D eigenvalue weighted by atomic mass is 10.0. The largest absolute Gasteiger partial charge is 0.493 e. The van der Waals surface area contributed by atoms with E-state index in [-0.39, 0.29) is 5.97 Å². The van der Waals surface area contributed by atoms with Gasteiger partial charge in [-0.25, -0.2) is 4.79 Å². The predicted octanol–water partition coefficient (Wildman–Crippen LogP) is 0.0428. The molecule has 0 aliphatic heterocycles. The van der Waals surface area contributed by atoms with Crippen molar-refractivity contribution in [1.82, 2.24) is 15.1 Å². The molecular weight excluding hydrogens is 210 g/mol. The molecule has 6 nitrogen and oxygen atoms in total. The lowest BCUT2D eigenvalue weighted by Crippen LogP contribution is -2.51. The van der Waals surface area contributed by atoms with Gasteiger partial charge in [-0.2, -0.15) is 5.10 Å². The molecule has 0 radical (unpaired) electrons. The molecule has 0 fully saturated rings. The Bertz CT molecular complexity index is 364. The SMILES string of the molecule is CNC(C)(Cn1cc(OC)cn1)C(=O)OC. The van der Waals surface area contributed by atoms with E-state index >= 15 is 0 Å². The third-order valence-electron chi connectivity index (χ3n) is 2.51. The second kappa shape index (κ2) is 4.98. The smallest absolute Gasteiger partial charge is 0.327 e. The van der Waals surface area contributed by atoms with Crippen molar-refractivity contribution in [2.45, 2.75) is 19.0 Å². The first-order valence-electron chi connectivity index (χ1n) is 4.89. The Labute approximate surface area is 94.5 Å². The van der Waals surface area contributed by atoms with Gasteiger partial charge in [-0.05, 0) is 14.0 Å². The summed E-state index contributed by atoms with van der Waals surface area (Å²) in [5, 5.41) is 7.01. The molecule has 1 atom stereocenters. The molecule has 1 aromatic heterocycles. The molecule has 0 aromatic carbocycles. The van der Waals surface area contributed by atoms with Crippen molar-refractivity contribution in [2.24, 2.45) is 0 Å². The average molecular weight is 227 g/mol. The molecule has 0 aliphatic rings. The van der Waals surface area contributed by atoms with Crippen molar-refractivity contribution in [3.8, 4) is 5.75 Å². The molecule has 1 aromatic rings. The molecule has 90 valence electrons. The lowest BCUT2D eigenvalue weighted by molar-refractivity contribution is -0.148. The van der Waals surface area contributed by atoms with Crippen LogP contribution in [0.2, 0.25) is 0 Å². The van der Waals surface area contributed by atoms with E-state index in [1.165, 1.54) is 7.11 Å². The second-order valence-corrected chi connectivity index (χ2v) is 3.65. The molecule has 0 bridgehead atoms. The van der Waals surface area contributed by atoms with Crippen molar-refractivity contribution in [1.29, 1.82) is 0 Å². The normalized spacial score (nSPS) is 14.2. The van der Waals surface area contributed by atoms with Gasteiger partial charge in [-0.1, -0.05) is 0 Å². The number of nitrogens with one attached hydrogen (secondary N) is 1. The Morgan fingerprint density at radius 2 is 2.31 bits per heavy atom. The number of hydrogen-bond acceptors (Lipinski definition) is 5. The number of esters is 1. The third kappa shape index (κ3) is 2.52. The molecule has 0 saturated carbocycles. The van der Waals surface area contributed by atoms with E-state index in [4.69, 9.17) is 9.47 Å². The Balaban J connectivity index is 2.80. The zero-order valence-electron chi connectivity index (χ0n) is 9.98. The minimum absolute atomic E-state index is 0.329. The first-order valence-corrected chi connectivity index (χ1v) is 4.89. The zero-order valence-corrected chi connectivity index (χ0v) is 9.98. The maximum Gasteiger partial charge on any atom is 0.327 e. The Hall–Kier alpha value is -1.56. The second-order valence-electron chi connectivity index (χ2n) is 3.65. The highest BCUT2D eigenvalue weighted by Gasteiger charge is 2.33. The lowest BCUT2D eigenvalue weighted by Gasteiger charge is -2.25. The van der Waals surface area contributed by atoms with Crippen molar-refractivity contribution >= 4 is 5.97 Å². The van der Waals surface area contributed by atoms with Crippen LogP contribution in [0.15, 0.2) is 12.4 Å². The third-order valence-corrected chi connectivity index (χ3v) is 2.51. The molecule has 1 heterocycles. The summed E-state index contributed by atoms with van der Waals surface area (Å²) in [7, 11) is 4.64. The van der Waals surface area contributed by atoms with Gasteiger partial charge < -0.3 is 14.8 Å². The summed E-state index contributed by atoms with van der Waals surface area (Å²) in [6.07, 6.45) is 3.31. The summed E-state index contributed by atoms with van der Waals surface area (Å²) in [6.45, 7) is 2.13. The summed E-state index contributed by atoms with van der Waals surface area (Å²) in [5.41, 5.74) is -0.800. The summed E-state index contributed by atoms with van der Waals surface area (Å²) in [5.74, 6) is 0.327. The summed E-state index contributed by atoms with van der Waals surface area (Å²) < 4.78 is 11.4. The van der Waals surface area contributed by atoms with Crippen LogP contribution < -0.4 is 10.1 Å². The van der Waals surface area contributed by atoms with Crippen LogP contribution in [0.1, 0.15) is 6.92 Å². The minimum Gasteiger partial charge on any atom is -0.493 e. The van der Waals surface area contributed by atoms with Gasteiger partial charge in [0.15, 0.2) is 5.75 Å². The number of methoxy groups -OCH3 is 2. The Morgan fingerprint density at radius 3 is 2.75 bits per heavy atom. The fraction of sp³-hybridized carbons (Fsp3) is 0.600. The molecule has 1 N–H and O–H groups in total. The number of rotatable bonds is 5. The Morgan fingerprint density at radius 1 is 1.62 bits per heavy atom. The van der Waals surface area contributed by atoms with Crippen LogP contribution >= 0.6 is 0 Å². The van der Waals surface area contributed by atoms with Crippen molar-refractivity contribution in [3.63, 3.8) is 0 Å². The maximum atomic E-state index is 11.6. The predicted molar refractivity (Wildman–Crippen MR) is 58.3 cm³/mol. The molecular formula is C10H17N3O3. The molecule has 0 aliphatic carbocycles. The highest BCUT2D eigenvalue weighted by Crippen LogP contribution is 2.12. The number of ether oxygens (including phenoxy) is 2. The van der Waals surface area contributed by atoms with Gasteiger partial charge in [0.1, 0.15) is 5.54 Å². The van der Waals surface area contributed by atoms with Crippen LogP contribution in [0.3, 0.4) is 0 Å². The number of nitrogens with zero attached hydrogens (tertiary/aromatic N) is 2. The molecule has 1 unspecified atom stereocenters. The van der Waals surface area contributed by atoms with Gasteiger partial charge in [0.2, 0.25) is 0 Å². The molecule has 1 rings (SSSR count). The molecule has 6 heteroatoms. The van der Waals surface area contributed by atoms with Gasteiger partial charge in [-0.3, -0.25) is 4.68 Å². The van der Waals surface area contributed by atoms with Gasteiger partial charge in [0.25, 0.3) is 0 Å². The quantitative estimate of drug-likeness (QED) is 0.720. The monoisotopic (exact) mass is 227 g/mol. The average Bonchev–Trinajstić information content (AvgIpc) is 2.75. The molecule has 0 spiro atoms. The first-order chi connectivity index (χ1) is 7.55. The van der Waals surface area contributed by atoms with Crippen LogP contribution in [-0.2, 0) is 16.1 Å². The van der Waals surface area contributed by atoms with E-state index in [0.717, 1.165) is 0 Å². The van der Waals surface area contributed by atoms with Crippen molar-refractivity contribution in [2.75, 3.05) is 21.3 Å². The van der Waals surface area contributed by atoms with E-state index in [9.17, 15) is 4.79 Å². The van der Waals surface area contributed by atoms with Crippen LogP contribution in [0, 0.1) is 0 Å². The van der Waals surface area contributed by atoms with E-state index in [1.807, 2.05) is 0 Å². The summed E-state index contributed by atoms with van der Waals surface area (Å²) in [4.78, 5) is 11.6. The van der Waals surface area contributed by atoms with Gasteiger partial charge in [0, 0.05) is 0 Å².